The molecule has 0 aliphatic carbocycles. The number of hydrogen-bond acceptors (Lipinski definition) is 3. The largest absolute Gasteiger partial charge is 0.495 e. The number of benzene rings is 2. The van der Waals surface area contributed by atoms with Crippen molar-refractivity contribution in [2.75, 3.05) is 19.0 Å². The number of carbonyl (C=O) groups excluding carboxylic acids is 2. The second kappa shape index (κ2) is 8.72. The number of ether oxygens (including phenoxy) is 1. The highest BCUT2D eigenvalue weighted by atomic mass is 35.5. The van der Waals surface area contributed by atoms with Gasteiger partial charge in [-0.25, -0.2) is 0 Å². The van der Waals surface area contributed by atoms with Crippen LogP contribution < -0.4 is 15.4 Å². The number of methoxy groups -OCH3 is 1. The molecular formula is C20H23ClN2O3. The highest BCUT2D eigenvalue weighted by Crippen LogP contribution is 2.28. The molecule has 2 amide bonds. The maximum absolute atomic E-state index is 12.5. The normalized spacial score (nSPS) is 10.9. The molecule has 2 aromatic carbocycles. The third-order valence-corrected chi connectivity index (χ3v) is 4.38. The molecule has 0 unspecified atom stereocenters. The van der Waals surface area contributed by atoms with E-state index in [1.54, 1.807) is 32.0 Å². The van der Waals surface area contributed by atoms with E-state index < -0.39 is 11.3 Å². The van der Waals surface area contributed by atoms with Crippen LogP contribution in [0, 0.1) is 5.41 Å². The topological polar surface area (TPSA) is 67.4 Å². The van der Waals surface area contributed by atoms with E-state index in [2.05, 4.69) is 10.6 Å². The van der Waals surface area contributed by atoms with Crippen LogP contribution in [0.2, 0.25) is 5.02 Å². The van der Waals surface area contributed by atoms with E-state index in [0.717, 1.165) is 5.56 Å². The Hall–Kier alpha value is -2.53. The second-order valence-electron chi connectivity index (χ2n) is 6.42. The van der Waals surface area contributed by atoms with Crippen LogP contribution in [0.3, 0.4) is 0 Å². The maximum atomic E-state index is 12.5. The van der Waals surface area contributed by atoms with Crippen molar-refractivity contribution in [2.24, 2.45) is 5.41 Å². The molecule has 0 bridgehead atoms. The molecule has 5 nitrogen and oxygen atoms in total. The number of carbonyl (C=O) groups is 2. The lowest BCUT2D eigenvalue weighted by Crippen LogP contribution is -2.45. The summed E-state index contributed by atoms with van der Waals surface area (Å²) in [7, 11) is 1.52. The van der Waals surface area contributed by atoms with Crippen molar-refractivity contribution in [1.29, 1.82) is 0 Å². The zero-order valence-corrected chi connectivity index (χ0v) is 15.9. The lowest BCUT2D eigenvalue weighted by Gasteiger charge is -2.23. The fourth-order valence-electron chi connectivity index (χ4n) is 2.32. The first kappa shape index (κ1) is 19.8. The van der Waals surface area contributed by atoms with Gasteiger partial charge in [-0.05, 0) is 44.0 Å². The molecule has 0 fully saturated rings. The Labute approximate surface area is 158 Å². The Morgan fingerprint density at radius 2 is 1.77 bits per heavy atom. The van der Waals surface area contributed by atoms with Gasteiger partial charge in [0, 0.05) is 12.2 Å². The third-order valence-electron chi connectivity index (χ3n) is 4.09. The van der Waals surface area contributed by atoms with Gasteiger partial charge in [0.1, 0.15) is 11.2 Å². The molecule has 0 saturated heterocycles. The molecular weight excluding hydrogens is 352 g/mol. The minimum absolute atomic E-state index is 0.328. The third kappa shape index (κ3) is 4.99. The van der Waals surface area contributed by atoms with Crippen LogP contribution in [0.25, 0.3) is 0 Å². The molecule has 0 saturated carbocycles. The highest BCUT2D eigenvalue weighted by molar-refractivity contribution is 6.32. The Morgan fingerprint density at radius 3 is 2.38 bits per heavy atom. The van der Waals surface area contributed by atoms with Gasteiger partial charge in [-0.1, -0.05) is 41.9 Å². The molecule has 0 heterocycles. The summed E-state index contributed by atoms with van der Waals surface area (Å²) in [4.78, 5) is 25.0. The van der Waals surface area contributed by atoms with Crippen molar-refractivity contribution in [3.63, 3.8) is 0 Å². The molecule has 0 radical (unpaired) electrons. The van der Waals surface area contributed by atoms with Crippen molar-refractivity contribution in [2.45, 2.75) is 20.3 Å². The number of hydrogen-bond donors (Lipinski definition) is 2. The second-order valence-corrected chi connectivity index (χ2v) is 6.83. The summed E-state index contributed by atoms with van der Waals surface area (Å²) in [6, 6.07) is 14.8. The standard InChI is InChI=1S/C20H23ClN2O3/c1-20(2,18(24)22-12-11-14-7-5-4-6-8-14)19(25)23-15-9-10-17(26-3)16(21)13-15/h4-10,13H,11-12H2,1-3H3,(H,22,24)(H,23,25). The summed E-state index contributed by atoms with van der Waals surface area (Å²) in [5.41, 5.74) is 0.414. The molecule has 26 heavy (non-hydrogen) atoms. The van der Waals surface area contributed by atoms with E-state index in [4.69, 9.17) is 16.3 Å². The quantitative estimate of drug-likeness (QED) is 0.726. The van der Waals surface area contributed by atoms with Crippen LogP contribution in [-0.2, 0) is 16.0 Å². The average molecular weight is 375 g/mol. The van der Waals surface area contributed by atoms with E-state index in [0.29, 0.717) is 29.4 Å². The monoisotopic (exact) mass is 374 g/mol. The van der Waals surface area contributed by atoms with E-state index in [9.17, 15) is 9.59 Å². The van der Waals surface area contributed by atoms with Crippen molar-refractivity contribution >= 4 is 29.1 Å². The molecule has 0 aliphatic heterocycles. The predicted octanol–water partition coefficient (Wildman–Crippen LogP) is 3.67. The van der Waals surface area contributed by atoms with Gasteiger partial charge in [0.2, 0.25) is 11.8 Å². The SMILES string of the molecule is COc1ccc(NC(=O)C(C)(C)C(=O)NCCc2ccccc2)cc1Cl. The molecule has 0 aromatic heterocycles. The summed E-state index contributed by atoms with van der Waals surface area (Å²) < 4.78 is 5.08. The lowest BCUT2D eigenvalue weighted by atomic mass is 9.91. The van der Waals surface area contributed by atoms with Crippen LogP contribution in [0.15, 0.2) is 48.5 Å². The van der Waals surface area contributed by atoms with Crippen LogP contribution in [-0.4, -0.2) is 25.5 Å². The van der Waals surface area contributed by atoms with Crippen molar-refractivity contribution in [3.8, 4) is 5.75 Å². The summed E-state index contributed by atoms with van der Waals surface area (Å²) in [6.07, 6.45) is 0.707. The van der Waals surface area contributed by atoms with Gasteiger partial charge in [0.15, 0.2) is 0 Å². The smallest absolute Gasteiger partial charge is 0.239 e. The van der Waals surface area contributed by atoms with Crippen molar-refractivity contribution in [3.05, 3.63) is 59.1 Å². The zero-order valence-electron chi connectivity index (χ0n) is 15.1. The molecule has 0 atom stereocenters. The van der Waals surface area contributed by atoms with Crippen LogP contribution in [0.1, 0.15) is 19.4 Å². The number of rotatable bonds is 7. The molecule has 2 N–H and O–H groups in total. The average Bonchev–Trinajstić information content (AvgIpc) is 2.62. The van der Waals surface area contributed by atoms with E-state index in [1.807, 2.05) is 30.3 Å². The van der Waals surface area contributed by atoms with Gasteiger partial charge in [-0.2, -0.15) is 0 Å². The van der Waals surface area contributed by atoms with E-state index in [1.165, 1.54) is 7.11 Å². The Balaban J connectivity index is 1.93. The zero-order chi connectivity index (χ0) is 19.2. The maximum Gasteiger partial charge on any atom is 0.239 e. The molecule has 2 rings (SSSR count). The molecule has 0 aliphatic rings. The van der Waals surface area contributed by atoms with Crippen LogP contribution >= 0.6 is 11.6 Å². The van der Waals surface area contributed by atoms with Crippen LogP contribution in [0.4, 0.5) is 5.69 Å². The molecule has 2 aromatic rings. The number of anilines is 1. The van der Waals surface area contributed by atoms with Crippen molar-refractivity contribution < 1.29 is 14.3 Å². The van der Waals surface area contributed by atoms with Gasteiger partial charge < -0.3 is 15.4 Å². The summed E-state index contributed by atoms with van der Waals surface area (Å²) >= 11 is 6.06. The first-order valence-electron chi connectivity index (χ1n) is 8.32. The Kier molecular flexibility index (Phi) is 6.64. The Bertz CT molecular complexity index is 776. The lowest BCUT2D eigenvalue weighted by molar-refractivity contribution is -0.138. The Morgan fingerprint density at radius 1 is 1.08 bits per heavy atom. The van der Waals surface area contributed by atoms with Gasteiger partial charge in [-0.15, -0.1) is 0 Å². The minimum Gasteiger partial charge on any atom is -0.495 e. The van der Waals surface area contributed by atoms with E-state index in [-0.39, 0.29) is 5.91 Å². The highest BCUT2D eigenvalue weighted by Gasteiger charge is 2.35. The summed E-state index contributed by atoms with van der Waals surface area (Å²) in [6.45, 7) is 3.64. The molecule has 0 spiro atoms. The van der Waals surface area contributed by atoms with Gasteiger partial charge in [0.05, 0.1) is 12.1 Å². The predicted molar refractivity (Wildman–Crippen MR) is 104 cm³/mol. The number of amides is 2. The van der Waals surface area contributed by atoms with Gasteiger partial charge in [0.25, 0.3) is 0 Å². The fraction of sp³-hybridized carbons (Fsp3) is 0.300. The van der Waals surface area contributed by atoms with Crippen LogP contribution in [0.5, 0.6) is 5.75 Å². The minimum atomic E-state index is -1.22. The van der Waals surface area contributed by atoms with Crippen molar-refractivity contribution in [1.82, 2.24) is 5.32 Å². The molecule has 6 heteroatoms. The first-order chi connectivity index (χ1) is 12.3. The summed E-state index contributed by atoms with van der Waals surface area (Å²) in [5.74, 6) is -0.218. The first-order valence-corrected chi connectivity index (χ1v) is 8.69. The van der Waals surface area contributed by atoms with Gasteiger partial charge in [-0.3, -0.25) is 9.59 Å². The summed E-state index contributed by atoms with van der Waals surface area (Å²) in [5, 5.41) is 5.93. The number of halogens is 1. The fourth-order valence-corrected chi connectivity index (χ4v) is 2.58. The van der Waals surface area contributed by atoms with Gasteiger partial charge >= 0.3 is 0 Å². The van der Waals surface area contributed by atoms with E-state index >= 15 is 0 Å². The molecule has 138 valence electrons. The number of nitrogens with one attached hydrogen (secondary N) is 2.